The average Bonchev–Trinajstić information content (AvgIpc) is 2.81. The summed E-state index contributed by atoms with van der Waals surface area (Å²) < 4.78 is 5.15. The van der Waals surface area contributed by atoms with Gasteiger partial charge in [0.2, 0.25) is 0 Å². The Kier molecular flexibility index (Phi) is 24.7. The third-order valence-electron chi connectivity index (χ3n) is 3.92. The van der Waals surface area contributed by atoms with Crippen molar-refractivity contribution in [1.29, 1.82) is 0 Å². The van der Waals surface area contributed by atoms with Gasteiger partial charge < -0.3 is 50.7 Å². The zero-order valence-electron chi connectivity index (χ0n) is 20.4. The van der Waals surface area contributed by atoms with Gasteiger partial charge in [-0.25, -0.2) is 14.4 Å². The summed E-state index contributed by atoms with van der Waals surface area (Å²) in [5, 5.41) is 77.9. The normalized spacial score (nSPS) is 10.2. The first-order valence-corrected chi connectivity index (χ1v) is 9.90. The molecule has 0 rings (SSSR count). The number of carbonyl (C=O) groups is 3. The van der Waals surface area contributed by atoms with E-state index in [9.17, 15) is 14.4 Å². The summed E-state index contributed by atoms with van der Waals surface area (Å²) >= 11 is 0. The molecule has 0 heterocycles. The Labute approximate surface area is 204 Å². The Hall–Kier alpha value is -2.65. The van der Waals surface area contributed by atoms with Crippen molar-refractivity contribution in [3.8, 4) is 0 Å². The van der Waals surface area contributed by atoms with E-state index in [1.54, 1.807) is 0 Å². The zero-order valence-corrected chi connectivity index (χ0v) is 20.4. The standard InChI is InChI=1S/C10H22O7.3C4H6O2/c11-1-9(2-12,3-13)7-17-8-10(4-14,5-15)6-16;3*1-3(2)4(5)6/h11-16H,1-8H2;3*1H2,2H3,(H,5,6). The van der Waals surface area contributed by atoms with Crippen LogP contribution in [-0.4, -0.2) is 117 Å². The van der Waals surface area contributed by atoms with Gasteiger partial charge in [0.15, 0.2) is 0 Å². The Bertz CT molecular complexity index is 533. The molecule has 9 N–H and O–H groups in total. The van der Waals surface area contributed by atoms with Gasteiger partial charge in [-0.05, 0) is 20.8 Å². The van der Waals surface area contributed by atoms with E-state index in [1.807, 2.05) is 0 Å². The van der Waals surface area contributed by atoms with Crippen molar-refractivity contribution in [2.45, 2.75) is 20.8 Å². The molecule has 0 unspecified atom stereocenters. The molecule has 0 aliphatic heterocycles. The second kappa shape index (κ2) is 21.9. The second-order valence-electron chi connectivity index (χ2n) is 7.70. The molecule has 0 saturated heterocycles. The van der Waals surface area contributed by atoms with Gasteiger partial charge in [-0.2, -0.15) is 0 Å². The third-order valence-corrected chi connectivity index (χ3v) is 3.92. The smallest absolute Gasteiger partial charge is 0.330 e. The summed E-state index contributed by atoms with van der Waals surface area (Å²) in [6.07, 6.45) is 0. The second-order valence-corrected chi connectivity index (χ2v) is 7.70. The van der Waals surface area contributed by atoms with Crippen LogP contribution in [-0.2, 0) is 19.1 Å². The highest BCUT2D eigenvalue weighted by atomic mass is 16.5. The molecule has 0 fully saturated rings. The number of carboxylic acid groups (broad SMARTS) is 3. The number of aliphatic hydroxyl groups is 6. The van der Waals surface area contributed by atoms with Crippen LogP contribution in [0.15, 0.2) is 36.5 Å². The van der Waals surface area contributed by atoms with Crippen LogP contribution in [0, 0.1) is 10.8 Å². The van der Waals surface area contributed by atoms with Gasteiger partial charge in [0.05, 0.1) is 63.7 Å². The number of aliphatic hydroxyl groups excluding tert-OH is 6. The minimum absolute atomic E-state index is 0.141. The highest BCUT2D eigenvalue weighted by Crippen LogP contribution is 2.19. The molecule has 0 aromatic carbocycles. The molecule has 0 spiro atoms. The van der Waals surface area contributed by atoms with Crippen LogP contribution >= 0.6 is 0 Å². The summed E-state index contributed by atoms with van der Waals surface area (Å²) in [5.74, 6) is -2.81. The summed E-state index contributed by atoms with van der Waals surface area (Å²) in [4.78, 5) is 28.8. The number of hydrogen-bond acceptors (Lipinski definition) is 10. The highest BCUT2D eigenvalue weighted by Gasteiger charge is 2.32. The fourth-order valence-electron chi connectivity index (χ4n) is 1.06. The molecule has 13 heteroatoms. The van der Waals surface area contributed by atoms with Crippen molar-refractivity contribution in [3.05, 3.63) is 36.5 Å². The lowest BCUT2D eigenvalue weighted by molar-refractivity contribution is -0.133. The van der Waals surface area contributed by atoms with Crippen molar-refractivity contribution in [1.82, 2.24) is 0 Å². The fourth-order valence-corrected chi connectivity index (χ4v) is 1.06. The van der Waals surface area contributed by atoms with E-state index >= 15 is 0 Å². The minimum Gasteiger partial charge on any atom is -0.478 e. The number of carboxylic acids is 3. The largest absolute Gasteiger partial charge is 0.478 e. The SMILES string of the molecule is C=C(C)C(=O)O.C=C(C)C(=O)O.C=C(C)C(=O)O.OCC(CO)(CO)COCC(CO)(CO)CO. The molecule has 0 amide bonds. The predicted octanol–water partition coefficient (Wildman–Crippen LogP) is -1.13. The van der Waals surface area contributed by atoms with Crippen LogP contribution in [0.4, 0.5) is 0 Å². The van der Waals surface area contributed by atoms with Gasteiger partial charge in [0.25, 0.3) is 0 Å². The Balaban J connectivity index is -0.000000218. The third kappa shape index (κ3) is 21.6. The molecule has 0 radical (unpaired) electrons. The summed E-state index contributed by atoms with van der Waals surface area (Å²) in [6.45, 7) is 10.8. The number of aliphatic carboxylic acids is 3. The number of hydrogen-bond donors (Lipinski definition) is 9. The van der Waals surface area contributed by atoms with Crippen molar-refractivity contribution in [2.75, 3.05) is 52.9 Å². The van der Waals surface area contributed by atoms with Crippen LogP contribution < -0.4 is 0 Å². The first-order chi connectivity index (χ1) is 16.0. The van der Waals surface area contributed by atoms with Gasteiger partial charge in [-0.15, -0.1) is 0 Å². The molecular weight excluding hydrogens is 472 g/mol. The van der Waals surface area contributed by atoms with Crippen LogP contribution in [0.3, 0.4) is 0 Å². The van der Waals surface area contributed by atoms with E-state index in [4.69, 9.17) is 50.7 Å². The van der Waals surface area contributed by atoms with Gasteiger partial charge in [-0.1, -0.05) is 19.7 Å². The molecule has 206 valence electrons. The topological polar surface area (TPSA) is 243 Å². The van der Waals surface area contributed by atoms with Crippen molar-refractivity contribution in [3.63, 3.8) is 0 Å². The molecule has 13 nitrogen and oxygen atoms in total. The van der Waals surface area contributed by atoms with Crippen LogP contribution in [0.1, 0.15) is 20.8 Å². The summed E-state index contributed by atoms with van der Waals surface area (Å²) in [6, 6.07) is 0. The lowest BCUT2D eigenvalue weighted by Gasteiger charge is -2.31. The van der Waals surface area contributed by atoms with E-state index in [0.29, 0.717) is 0 Å². The maximum atomic E-state index is 9.60. The van der Waals surface area contributed by atoms with Crippen molar-refractivity contribution in [2.24, 2.45) is 10.8 Å². The Morgan fingerprint density at radius 3 is 0.771 bits per heavy atom. The average molecular weight is 513 g/mol. The van der Waals surface area contributed by atoms with Gasteiger partial charge in [0.1, 0.15) is 0 Å². The maximum Gasteiger partial charge on any atom is 0.330 e. The first-order valence-electron chi connectivity index (χ1n) is 9.90. The highest BCUT2D eigenvalue weighted by molar-refractivity contribution is 5.85. The molecular formula is C22H40O13. The predicted molar refractivity (Wildman–Crippen MR) is 126 cm³/mol. The van der Waals surface area contributed by atoms with Gasteiger partial charge in [0, 0.05) is 16.7 Å². The zero-order chi connectivity index (χ0) is 28.8. The molecule has 0 aromatic heterocycles. The molecule has 0 saturated carbocycles. The Morgan fingerprint density at radius 2 is 0.686 bits per heavy atom. The number of ether oxygens (including phenoxy) is 1. The van der Waals surface area contributed by atoms with Gasteiger partial charge >= 0.3 is 17.9 Å². The summed E-state index contributed by atoms with van der Waals surface area (Å²) in [7, 11) is 0. The van der Waals surface area contributed by atoms with E-state index < -0.39 is 68.4 Å². The van der Waals surface area contributed by atoms with Crippen molar-refractivity contribution < 1.29 is 65.1 Å². The van der Waals surface area contributed by atoms with Crippen LogP contribution in [0.25, 0.3) is 0 Å². The van der Waals surface area contributed by atoms with E-state index in [-0.39, 0.29) is 29.9 Å². The lowest BCUT2D eigenvalue weighted by atomic mass is 9.91. The fraction of sp³-hybridized carbons (Fsp3) is 0.591. The molecule has 0 bridgehead atoms. The lowest BCUT2D eigenvalue weighted by Crippen LogP contribution is -2.43. The Morgan fingerprint density at radius 1 is 0.543 bits per heavy atom. The first kappa shape index (κ1) is 39.6. The molecule has 0 aromatic rings. The van der Waals surface area contributed by atoms with E-state index in [0.717, 1.165) is 0 Å². The van der Waals surface area contributed by atoms with Gasteiger partial charge in [-0.3, -0.25) is 0 Å². The molecule has 0 aliphatic carbocycles. The number of rotatable bonds is 13. The van der Waals surface area contributed by atoms with E-state index in [2.05, 4.69) is 19.7 Å². The minimum atomic E-state index is -1.16. The molecule has 35 heavy (non-hydrogen) atoms. The van der Waals surface area contributed by atoms with Crippen molar-refractivity contribution >= 4 is 17.9 Å². The quantitative estimate of drug-likeness (QED) is 0.133. The van der Waals surface area contributed by atoms with Crippen LogP contribution in [0.2, 0.25) is 0 Å². The van der Waals surface area contributed by atoms with Crippen LogP contribution in [0.5, 0.6) is 0 Å². The molecule has 0 aliphatic rings. The molecule has 0 atom stereocenters. The summed E-state index contributed by atoms with van der Waals surface area (Å²) in [5.41, 5.74) is -1.79. The maximum absolute atomic E-state index is 9.60. The monoisotopic (exact) mass is 512 g/mol. The van der Waals surface area contributed by atoms with E-state index in [1.165, 1.54) is 20.8 Å².